The van der Waals surface area contributed by atoms with Crippen LogP contribution in [0.2, 0.25) is 0 Å². The van der Waals surface area contributed by atoms with Crippen LogP contribution in [0.1, 0.15) is 33.1 Å². The standard InChI is InChI=1S/C12H20N4O/c1-8(2)17-12-6-11(14-7-15-12)16-10-5-3-4-9(10)13/h6-10H,3-5,13H2,1-2H3,(H,14,15,16). The van der Waals surface area contributed by atoms with Gasteiger partial charge in [-0.2, -0.15) is 0 Å². The van der Waals surface area contributed by atoms with E-state index in [-0.39, 0.29) is 12.1 Å². The Labute approximate surface area is 102 Å². The maximum atomic E-state index is 6.01. The largest absolute Gasteiger partial charge is 0.475 e. The second-order valence-electron chi connectivity index (χ2n) is 4.75. The number of hydrogen-bond donors (Lipinski definition) is 2. The van der Waals surface area contributed by atoms with Crippen LogP contribution in [0.4, 0.5) is 5.82 Å². The number of anilines is 1. The van der Waals surface area contributed by atoms with Crippen LogP contribution in [0.5, 0.6) is 5.88 Å². The second kappa shape index (κ2) is 5.31. The quantitative estimate of drug-likeness (QED) is 0.830. The average molecular weight is 236 g/mol. The molecule has 1 fully saturated rings. The minimum atomic E-state index is 0.117. The molecular weight excluding hydrogens is 216 g/mol. The number of nitrogens with zero attached hydrogens (tertiary/aromatic N) is 2. The first-order valence-corrected chi connectivity index (χ1v) is 6.16. The van der Waals surface area contributed by atoms with E-state index in [4.69, 9.17) is 10.5 Å². The molecule has 0 amide bonds. The van der Waals surface area contributed by atoms with Crippen molar-refractivity contribution in [3.8, 4) is 5.88 Å². The summed E-state index contributed by atoms with van der Waals surface area (Å²) in [6, 6.07) is 2.36. The van der Waals surface area contributed by atoms with Crippen molar-refractivity contribution < 1.29 is 4.74 Å². The summed E-state index contributed by atoms with van der Waals surface area (Å²) in [5.74, 6) is 1.39. The Kier molecular flexibility index (Phi) is 3.78. The van der Waals surface area contributed by atoms with Gasteiger partial charge in [0.1, 0.15) is 12.1 Å². The van der Waals surface area contributed by atoms with Gasteiger partial charge in [-0.3, -0.25) is 0 Å². The molecule has 0 bridgehead atoms. The van der Waals surface area contributed by atoms with E-state index in [9.17, 15) is 0 Å². The van der Waals surface area contributed by atoms with E-state index in [0.717, 1.165) is 18.7 Å². The van der Waals surface area contributed by atoms with Gasteiger partial charge in [-0.05, 0) is 33.1 Å². The molecule has 1 aliphatic carbocycles. The maximum Gasteiger partial charge on any atom is 0.218 e. The monoisotopic (exact) mass is 236 g/mol. The normalized spacial score (nSPS) is 24.0. The van der Waals surface area contributed by atoms with E-state index in [2.05, 4.69) is 15.3 Å². The van der Waals surface area contributed by atoms with Crippen molar-refractivity contribution in [2.24, 2.45) is 5.73 Å². The molecule has 1 aliphatic rings. The molecule has 0 saturated heterocycles. The molecule has 1 heterocycles. The van der Waals surface area contributed by atoms with Crippen LogP contribution in [0.3, 0.4) is 0 Å². The summed E-state index contributed by atoms with van der Waals surface area (Å²) in [7, 11) is 0. The van der Waals surface area contributed by atoms with Crippen LogP contribution in [0, 0.1) is 0 Å². The Balaban J connectivity index is 2.00. The molecule has 0 aromatic carbocycles. The van der Waals surface area contributed by atoms with Crippen molar-refractivity contribution in [1.29, 1.82) is 0 Å². The molecule has 5 heteroatoms. The number of hydrogen-bond acceptors (Lipinski definition) is 5. The molecule has 0 spiro atoms. The van der Waals surface area contributed by atoms with Gasteiger partial charge in [0.25, 0.3) is 0 Å². The zero-order valence-electron chi connectivity index (χ0n) is 10.4. The van der Waals surface area contributed by atoms with Gasteiger partial charge in [0.15, 0.2) is 0 Å². The number of rotatable bonds is 4. The predicted octanol–water partition coefficient (Wildman–Crippen LogP) is 1.56. The molecule has 0 radical (unpaired) electrons. The lowest BCUT2D eigenvalue weighted by molar-refractivity contribution is 0.232. The zero-order chi connectivity index (χ0) is 12.3. The fraction of sp³-hybridized carbons (Fsp3) is 0.667. The summed E-state index contributed by atoms with van der Waals surface area (Å²) in [5, 5.41) is 3.35. The lowest BCUT2D eigenvalue weighted by Crippen LogP contribution is -2.35. The molecule has 17 heavy (non-hydrogen) atoms. The summed E-state index contributed by atoms with van der Waals surface area (Å²) in [6.45, 7) is 3.95. The minimum Gasteiger partial charge on any atom is -0.475 e. The lowest BCUT2D eigenvalue weighted by atomic mass is 10.2. The third-order valence-corrected chi connectivity index (χ3v) is 2.90. The molecule has 0 aliphatic heterocycles. The summed E-state index contributed by atoms with van der Waals surface area (Å²) >= 11 is 0. The summed E-state index contributed by atoms with van der Waals surface area (Å²) in [6.07, 6.45) is 5.00. The van der Waals surface area contributed by atoms with Gasteiger partial charge < -0.3 is 15.8 Å². The van der Waals surface area contributed by atoms with Crippen LogP contribution in [0.15, 0.2) is 12.4 Å². The van der Waals surface area contributed by atoms with Gasteiger partial charge in [-0.15, -0.1) is 0 Å². The third kappa shape index (κ3) is 3.30. The van der Waals surface area contributed by atoms with Gasteiger partial charge in [-0.25, -0.2) is 9.97 Å². The van der Waals surface area contributed by atoms with Gasteiger partial charge in [-0.1, -0.05) is 0 Å². The highest BCUT2D eigenvalue weighted by Crippen LogP contribution is 2.21. The fourth-order valence-electron chi connectivity index (χ4n) is 2.08. The van der Waals surface area contributed by atoms with Crippen molar-refractivity contribution in [2.75, 3.05) is 5.32 Å². The number of ether oxygens (including phenoxy) is 1. The Morgan fingerprint density at radius 2 is 2.24 bits per heavy atom. The van der Waals surface area contributed by atoms with E-state index in [1.807, 2.05) is 19.9 Å². The highest BCUT2D eigenvalue weighted by Gasteiger charge is 2.23. The molecule has 94 valence electrons. The van der Waals surface area contributed by atoms with E-state index in [0.29, 0.717) is 11.9 Å². The molecule has 1 saturated carbocycles. The first-order chi connectivity index (χ1) is 8.15. The van der Waals surface area contributed by atoms with Crippen LogP contribution in [-0.2, 0) is 0 Å². The number of nitrogens with one attached hydrogen (secondary N) is 1. The Morgan fingerprint density at radius 3 is 2.88 bits per heavy atom. The highest BCUT2D eigenvalue weighted by atomic mass is 16.5. The molecular formula is C12H20N4O. The highest BCUT2D eigenvalue weighted by molar-refractivity contribution is 5.38. The van der Waals surface area contributed by atoms with Crippen molar-refractivity contribution in [3.63, 3.8) is 0 Å². The first-order valence-electron chi connectivity index (χ1n) is 6.16. The van der Waals surface area contributed by atoms with Crippen molar-refractivity contribution >= 4 is 5.82 Å². The van der Waals surface area contributed by atoms with Crippen molar-refractivity contribution in [3.05, 3.63) is 12.4 Å². The van der Waals surface area contributed by atoms with E-state index < -0.39 is 0 Å². The SMILES string of the molecule is CC(C)Oc1cc(NC2CCCC2N)ncn1. The lowest BCUT2D eigenvalue weighted by Gasteiger charge is -2.18. The maximum absolute atomic E-state index is 6.01. The molecule has 2 unspecified atom stereocenters. The van der Waals surface area contributed by atoms with E-state index >= 15 is 0 Å². The van der Waals surface area contributed by atoms with Crippen molar-refractivity contribution in [1.82, 2.24) is 9.97 Å². The summed E-state index contributed by atoms with van der Waals surface area (Å²) < 4.78 is 5.52. The van der Waals surface area contributed by atoms with Crippen LogP contribution < -0.4 is 15.8 Å². The van der Waals surface area contributed by atoms with Gasteiger partial charge in [0.2, 0.25) is 5.88 Å². The van der Waals surface area contributed by atoms with E-state index in [1.54, 1.807) is 0 Å². The topological polar surface area (TPSA) is 73.1 Å². The summed E-state index contributed by atoms with van der Waals surface area (Å²) in [4.78, 5) is 8.26. The third-order valence-electron chi connectivity index (χ3n) is 2.90. The molecule has 1 aromatic heterocycles. The zero-order valence-corrected chi connectivity index (χ0v) is 10.4. The molecule has 5 nitrogen and oxygen atoms in total. The van der Waals surface area contributed by atoms with Gasteiger partial charge in [0, 0.05) is 18.2 Å². The predicted molar refractivity (Wildman–Crippen MR) is 67.0 cm³/mol. The number of aromatic nitrogens is 2. The second-order valence-corrected chi connectivity index (χ2v) is 4.75. The Hall–Kier alpha value is -1.36. The Bertz CT molecular complexity index is 369. The summed E-state index contributed by atoms with van der Waals surface area (Å²) in [5.41, 5.74) is 6.01. The Morgan fingerprint density at radius 1 is 1.41 bits per heavy atom. The smallest absolute Gasteiger partial charge is 0.218 e. The minimum absolute atomic E-state index is 0.117. The van der Waals surface area contributed by atoms with Crippen molar-refractivity contribution in [2.45, 2.75) is 51.3 Å². The first kappa shape index (κ1) is 12.1. The van der Waals surface area contributed by atoms with Crippen LogP contribution in [0.25, 0.3) is 0 Å². The fourth-order valence-corrected chi connectivity index (χ4v) is 2.08. The molecule has 1 aromatic rings. The van der Waals surface area contributed by atoms with Gasteiger partial charge >= 0.3 is 0 Å². The average Bonchev–Trinajstić information content (AvgIpc) is 2.64. The van der Waals surface area contributed by atoms with Gasteiger partial charge in [0.05, 0.1) is 6.10 Å². The van der Waals surface area contributed by atoms with E-state index in [1.165, 1.54) is 12.7 Å². The molecule has 2 rings (SSSR count). The van der Waals surface area contributed by atoms with Crippen LogP contribution in [-0.4, -0.2) is 28.2 Å². The van der Waals surface area contributed by atoms with Crippen LogP contribution >= 0.6 is 0 Å². The number of nitrogens with two attached hydrogens (primary N) is 1. The molecule has 3 N–H and O–H groups in total. The molecule has 2 atom stereocenters.